The van der Waals surface area contributed by atoms with Gasteiger partial charge < -0.3 is 10.5 Å². The van der Waals surface area contributed by atoms with Crippen LogP contribution in [0.25, 0.3) is 0 Å². The lowest BCUT2D eigenvalue weighted by Gasteiger charge is -2.12. The lowest BCUT2D eigenvalue weighted by atomic mass is 10.00. The Morgan fingerprint density at radius 2 is 1.64 bits per heavy atom. The zero-order valence-electron chi connectivity index (χ0n) is 12.5. The molecule has 2 rings (SSSR count). The number of aryl methyl sites for hydroxylation is 2. The summed E-state index contributed by atoms with van der Waals surface area (Å²) in [5.74, 6) is -1.18. The molecule has 114 valence electrons. The number of carbonyl (C=O) groups is 2. The van der Waals surface area contributed by atoms with Gasteiger partial charge in [-0.05, 0) is 37.0 Å². The Morgan fingerprint density at radius 3 is 2.32 bits per heavy atom. The third-order valence-electron chi connectivity index (χ3n) is 3.45. The number of primary amides is 1. The largest absolute Gasteiger partial charge is 0.449 e. The van der Waals surface area contributed by atoms with Crippen molar-refractivity contribution in [1.82, 2.24) is 0 Å². The van der Waals surface area contributed by atoms with E-state index in [-0.39, 0.29) is 0 Å². The second-order valence-electron chi connectivity index (χ2n) is 5.09. The number of hydrogen-bond donors (Lipinski definition) is 1. The van der Waals surface area contributed by atoms with E-state index in [1.165, 1.54) is 12.5 Å². The number of carbonyl (C=O) groups excluding carboxylic acids is 2. The minimum absolute atomic E-state index is 0.478. The molecule has 0 bridgehead atoms. The van der Waals surface area contributed by atoms with Gasteiger partial charge in [-0.2, -0.15) is 0 Å². The lowest BCUT2D eigenvalue weighted by molar-refractivity contribution is -0.125. The molecule has 2 aromatic rings. The van der Waals surface area contributed by atoms with E-state index in [0.717, 1.165) is 18.4 Å². The van der Waals surface area contributed by atoms with Gasteiger partial charge in [-0.15, -0.1) is 0 Å². The highest BCUT2D eigenvalue weighted by molar-refractivity contribution is 5.93. The van der Waals surface area contributed by atoms with Crippen LogP contribution >= 0.6 is 0 Å². The van der Waals surface area contributed by atoms with Crippen molar-refractivity contribution in [3.63, 3.8) is 0 Å². The molecule has 0 saturated heterocycles. The van der Waals surface area contributed by atoms with Crippen molar-refractivity contribution in [3.05, 3.63) is 71.3 Å². The zero-order valence-corrected chi connectivity index (χ0v) is 12.5. The Morgan fingerprint density at radius 1 is 1.00 bits per heavy atom. The standard InChI is InChI=1S/C18H19NO3/c1-13(17(19)20)22-18(21)16-10-6-5-9-15(16)12-11-14-7-3-2-4-8-14/h2-10,13H,11-12H2,1H3,(H2,19,20). The molecular formula is C18H19NO3. The van der Waals surface area contributed by atoms with Crippen LogP contribution in [-0.4, -0.2) is 18.0 Å². The summed E-state index contributed by atoms with van der Waals surface area (Å²) in [6.45, 7) is 1.47. The second-order valence-corrected chi connectivity index (χ2v) is 5.09. The van der Waals surface area contributed by atoms with Crippen LogP contribution in [0.4, 0.5) is 0 Å². The fraction of sp³-hybridized carbons (Fsp3) is 0.222. The molecule has 0 spiro atoms. The number of nitrogens with two attached hydrogens (primary N) is 1. The maximum absolute atomic E-state index is 12.2. The summed E-state index contributed by atoms with van der Waals surface area (Å²) < 4.78 is 5.08. The molecule has 2 N–H and O–H groups in total. The van der Waals surface area contributed by atoms with Crippen molar-refractivity contribution in [2.45, 2.75) is 25.9 Å². The van der Waals surface area contributed by atoms with Gasteiger partial charge in [0.15, 0.2) is 6.10 Å². The minimum Gasteiger partial charge on any atom is -0.449 e. The van der Waals surface area contributed by atoms with Crippen LogP contribution in [0.3, 0.4) is 0 Å². The molecule has 1 atom stereocenters. The summed E-state index contributed by atoms with van der Waals surface area (Å²) in [7, 11) is 0. The SMILES string of the molecule is CC(OC(=O)c1ccccc1CCc1ccccc1)C(N)=O. The van der Waals surface area contributed by atoms with Crippen LogP contribution < -0.4 is 5.73 Å². The van der Waals surface area contributed by atoms with Crippen LogP contribution in [0.2, 0.25) is 0 Å². The van der Waals surface area contributed by atoms with E-state index in [4.69, 9.17) is 10.5 Å². The monoisotopic (exact) mass is 297 g/mol. The number of amides is 1. The fourth-order valence-electron chi connectivity index (χ4n) is 2.14. The van der Waals surface area contributed by atoms with Gasteiger partial charge in [-0.1, -0.05) is 48.5 Å². The number of benzene rings is 2. The quantitative estimate of drug-likeness (QED) is 0.833. The minimum atomic E-state index is -0.935. The Labute approximate surface area is 129 Å². The molecule has 22 heavy (non-hydrogen) atoms. The second kappa shape index (κ2) is 7.41. The van der Waals surface area contributed by atoms with Crippen LogP contribution in [-0.2, 0) is 22.4 Å². The van der Waals surface area contributed by atoms with Crippen LogP contribution in [0.1, 0.15) is 28.4 Å². The average Bonchev–Trinajstić information content (AvgIpc) is 2.54. The number of ether oxygens (including phenoxy) is 1. The highest BCUT2D eigenvalue weighted by Gasteiger charge is 2.18. The van der Waals surface area contributed by atoms with E-state index < -0.39 is 18.0 Å². The van der Waals surface area contributed by atoms with Crippen LogP contribution in [0, 0.1) is 0 Å². The van der Waals surface area contributed by atoms with Crippen molar-refractivity contribution in [1.29, 1.82) is 0 Å². The van der Waals surface area contributed by atoms with E-state index in [0.29, 0.717) is 5.56 Å². The molecule has 4 heteroatoms. The van der Waals surface area contributed by atoms with Crippen molar-refractivity contribution < 1.29 is 14.3 Å². The Kier molecular flexibility index (Phi) is 5.31. The number of hydrogen-bond acceptors (Lipinski definition) is 3. The number of esters is 1. The predicted molar refractivity (Wildman–Crippen MR) is 84.4 cm³/mol. The van der Waals surface area contributed by atoms with Crippen molar-refractivity contribution in [3.8, 4) is 0 Å². The smallest absolute Gasteiger partial charge is 0.339 e. The van der Waals surface area contributed by atoms with Crippen molar-refractivity contribution in [2.24, 2.45) is 5.73 Å². The Bertz CT molecular complexity index is 652. The molecule has 2 aromatic carbocycles. The van der Waals surface area contributed by atoms with Gasteiger partial charge >= 0.3 is 5.97 Å². The molecule has 0 saturated carbocycles. The maximum Gasteiger partial charge on any atom is 0.339 e. The molecule has 1 amide bonds. The summed E-state index contributed by atoms with van der Waals surface area (Å²) >= 11 is 0. The topological polar surface area (TPSA) is 69.4 Å². The Balaban J connectivity index is 2.09. The normalized spacial score (nSPS) is 11.7. The fourth-order valence-corrected chi connectivity index (χ4v) is 2.14. The number of rotatable bonds is 6. The highest BCUT2D eigenvalue weighted by atomic mass is 16.5. The van der Waals surface area contributed by atoms with E-state index in [2.05, 4.69) is 12.1 Å². The van der Waals surface area contributed by atoms with Gasteiger partial charge in [-0.25, -0.2) is 4.79 Å². The summed E-state index contributed by atoms with van der Waals surface area (Å²) in [6.07, 6.45) is 0.617. The van der Waals surface area contributed by atoms with Gasteiger partial charge in [-0.3, -0.25) is 4.79 Å². The van der Waals surface area contributed by atoms with Crippen molar-refractivity contribution >= 4 is 11.9 Å². The average molecular weight is 297 g/mol. The lowest BCUT2D eigenvalue weighted by Crippen LogP contribution is -2.30. The summed E-state index contributed by atoms with van der Waals surface area (Å²) in [5, 5.41) is 0. The van der Waals surface area contributed by atoms with Gasteiger partial charge in [0.1, 0.15) is 0 Å². The van der Waals surface area contributed by atoms with E-state index in [1.807, 2.05) is 30.3 Å². The first kappa shape index (κ1) is 15.8. The van der Waals surface area contributed by atoms with Gasteiger partial charge in [0, 0.05) is 0 Å². The van der Waals surface area contributed by atoms with E-state index in [1.54, 1.807) is 12.1 Å². The van der Waals surface area contributed by atoms with Crippen LogP contribution in [0.15, 0.2) is 54.6 Å². The molecule has 0 aromatic heterocycles. The van der Waals surface area contributed by atoms with Crippen molar-refractivity contribution in [2.75, 3.05) is 0 Å². The molecular weight excluding hydrogens is 278 g/mol. The molecule has 1 unspecified atom stereocenters. The van der Waals surface area contributed by atoms with Gasteiger partial charge in [0.25, 0.3) is 5.91 Å². The summed E-state index contributed by atoms with van der Waals surface area (Å²) in [5.41, 5.74) is 7.70. The van der Waals surface area contributed by atoms with E-state index >= 15 is 0 Å². The maximum atomic E-state index is 12.2. The molecule has 4 nitrogen and oxygen atoms in total. The van der Waals surface area contributed by atoms with E-state index in [9.17, 15) is 9.59 Å². The van der Waals surface area contributed by atoms with Gasteiger partial charge in [0.05, 0.1) is 5.56 Å². The third kappa shape index (κ3) is 4.19. The molecule has 0 heterocycles. The molecule has 0 radical (unpaired) electrons. The summed E-state index contributed by atoms with van der Waals surface area (Å²) in [4.78, 5) is 23.2. The molecule has 0 fully saturated rings. The first-order chi connectivity index (χ1) is 10.6. The molecule has 0 aliphatic heterocycles. The van der Waals surface area contributed by atoms with Crippen LogP contribution in [0.5, 0.6) is 0 Å². The third-order valence-corrected chi connectivity index (χ3v) is 3.45. The summed E-state index contributed by atoms with van der Waals surface area (Å²) in [6, 6.07) is 17.3. The molecule has 0 aliphatic carbocycles. The predicted octanol–water partition coefficient (Wildman–Crippen LogP) is 2.50. The first-order valence-electron chi connectivity index (χ1n) is 7.20. The van der Waals surface area contributed by atoms with Gasteiger partial charge in [0.2, 0.25) is 0 Å². The Hall–Kier alpha value is -2.62. The zero-order chi connectivity index (χ0) is 15.9. The first-order valence-corrected chi connectivity index (χ1v) is 7.20. The highest BCUT2D eigenvalue weighted by Crippen LogP contribution is 2.14. The molecule has 0 aliphatic rings.